The molecule has 0 atom stereocenters. The van der Waals surface area contributed by atoms with E-state index in [-0.39, 0.29) is 34.0 Å². The molecule has 1 aliphatic rings. The molecule has 0 amide bonds. The zero-order valence-corrected chi connectivity index (χ0v) is 12.6. The van der Waals surface area contributed by atoms with Gasteiger partial charge in [-0.15, -0.1) is 0 Å². The number of anilines is 1. The molecule has 1 N–H and O–H groups in total. The molecule has 1 aliphatic carbocycles. The molecule has 0 radical (unpaired) electrons. The zero-order chi connectivity index (χ0) is 15.6. The molecule has 1 aromatic carbocycles. The molecule has 0 aromatic heterocycles. The molecule has 114 valence electrons. The fourth-order valence-electron chi connectivity index (χ4n) is 2.67. The number of rotatable bonds is 5. The molecule has 21 heavy (non-hydrogen) atoms. The molecule has 1 saturated carbocycles. The number of aliphatic carboxylic acids is 1. The average Bonchev–Trinajstić information content (AvgIpc) is 2.92. The highest BCUT2D eigenvalue weighted by molar-refractivity contribution is 6.42. The van der Waals surface area contributed by atoms with Gasteiger partial charge in [0, 0.05) is 12.1 Å². The maximum Gasteiger partial charge on any atom is 0.323 e. The van der Waals surface area contributed by atoms with Crippen LogP contribution in [0.3, 0.4) is 0 Å². The highest BCUT2D eigenvalue weighted by Crippen LogP contribution is 2.39. The minimum absolute atomic E-state index is 0.0305. The lowest BCUT2D eigenvalue weighted by Gasteiger charge is -2.29. The Morgan fingerprint density at radius 1 is 1.33 bits per heavy atom. The fraction of sp³-hybridized carbons (Fsp3) is 0.462. The number of hydrogen-bond donors (Lipinski definition) is 1. The predicted octanol–water partition coefficient (Wildman–Crippen LogP) is 3.74. The Labute approximate surface area is 131 Å². The second-order valence-corrected chi connectivity index (χ2v) is 5.79. The second-order valence-electron chi connectivity index (χ2n) is 4.97. The van der Waals surface area contributed by atoms with Crippen molar-refractivity contribution in [1.29, 1.82) is 0 Å². The number of carboxylic acids is 1. The molecule has 8 heteroatoms. The first kappa shape index (κ1) is 15.9. The van der Waals surface area contributed by atoms with Crippen LogP contribution in [0.2, 0.25) is 10.0 Å². The Hall–Kier alpha value is -1.53. The molecule has 6 nitrogen and oxygen atoms in total. The molecule has 1 aromatic rings. The van der Waals surface area contributed by atoms with E-state index in [1.165, 1.54) is 12.1 Å². The maximum absolute atomic E-state index is 11.2. The normalized spacial score (nSPS) is 15.1. The van der Waals surface area contributed by atoms with Crippen LogP contribution in [0, 0.1) is 10.1 Å². The average molecular weight is 333 g/mol. The molecule has 0 unspecified atom stereocenters. The van der Waals surface area contributed by atoms with E-state index in [2.05, 4.69) is 0 Å². The number of hydrogen-bond acceptors (Lipinski definition) is 4. The summed E-state index contributed by atoms with van der Waals surface area (Å²) in [5.41, 5.74) is -0.0127. The standard InChI is InChI=1S/C13H14Cl2N2O4/c14-9-5-11(12(17(20)21)6-10(9)15)16(7-13(18)19)8-3-1-2-4-8/h5-6,8H,1-4,7H2,(H,18,19). The molecule has 0 heterocycles. The largest absolute Gasteiger partial charge is 0.480 e. The Morgan fingerprint density at radius 3 is 2.43 bits per heavy atom. The summed E-state index contributed by atoms with van der Waals surface area (Å²) in [5.74, 6) is -1.04. The SMILES string of the molecule is O=C(O)CN(c1cc(Cl)c(Cl)cc1[N+](=O)[O-])C1CCCC1. The summed E-state index contributed by atoms with van der Waals surface area (Å²) >= 11 is 11.8. The topological polar surface area (TPSA) is 83.7 Å². The first-order valence-corrected chi connectivity index (χ1v) is 7.27. The molecule has 2 rings (SSSR count). The summed E-state index contributed by atoms with van der Waals surface area (Å²) in [6, 6.07) is 2.52. The van der Waals surface area contributed by atoms with Crippen LogP contribution in [0.4, 0.5) is 11.4 Å². The van der Waals surface area contributed by atoms with Crippen molar-refractivity contribution in [3.8, 4) is 0 Å². The molecular formula is C13H14Cl2N2O4. The molecular weight excluding hydrogens is 319 g/mol. The molecule has 0 bridgehead atoms. The van der Waals surface area contributed by atoms with Crippen molar-refractivity contribution >= 4 is 40.5 Å². The Balaban J connectivity index is 2.49. The first-order chi connectivity index (χ1) is 9.90. The van der Waals surface area contributed by atoms with Crippen LogP contribution in [-0.2, 0) is 4.79 Å². The lowest BCUT2D eigenvalue weighted by atomic mass is 10.1. The first-order valence-electron chi connectivity index (χ1n) is 6.52. The van der Waals surface area contributed by atoms with Crippen molar-refractivity contribution < 1.29 is 14.8 Å². The summed E-state index contributed by atoms with van der Waals surface area (Å²) in [5, 5.41) is 20.6. The van der Waals surface area contributed by atoms with E-state index in [0.717, 1.165) is 25.7 Å². The van der Waals surface area contributed by atoms with Gasteiger partial charge in [-0.3, -0.25) is 14.9 Å². The Kier molecular flexibility index (Phi) is 4.90. The summed E-state index contributed by atoms with van der Waals surface area (Å²) in [6.07, 6.45) is 3.58. The van der Waals surface area contributed by atoms with Crippen molar-refractivity contribution in [1.82, 2.24) is 0 Å². The van der Waals surface area contributed by atoms with Crippen LogP contribution < -0.4 is 4.90 Å². The number of carboxylic acid groups (broad SMARTS) is 1. The van der Waals surface area contributed by atoms with Crippen molar-refractivity contribution in [3.63, 3.8) is 0 Å². The van der Waals surface area contributed by atoms with Gasteiger partial charge in [0.05, 0.1) is 15.0 Å². The lowest BCUT2D eigenvalue weighted by molar-refractivity contribution is -0.384. The van der Waals surface area contributed by atoms with Crippen LogP contribution >= 0.6 is 23.2 Å². The summed E-state index contributed by atoms with van der Waals surface area (Å²) in [6.45, 7) is -0.302. The smallest absolute Gasteiger partial charge is 0.323 e. The van der Waals surface area contributed by atoms with Crippen LogP contribution in [0.25, 0.3) is 0 Å². The summed E-state index contributed by atoms with van der Waals surface area (Å²) in [4.78, 5) is 23.3. The minimum atomic E-state index is -1.04. The van der Waals surface area contributed by atoms with Gasteiger partial charge >= 0.3 is 5.97 Å². The highest BCUT2D eigenvalue weighted by atomic mass is 35.5. The fourth-order valence-corrected chi connectivity index (χ4v) is 2.99. The van der Waals surface area contributed by atoms with Crippen LogP contribution in [0.5, 0.6) is 0 Å². The van der Waals surface area contributed by atoms with Crippen molar-refractivity contribution in [2.75, 3.05) is 11.4 Å². The van der Waals surface area contributed by atoms with Crippen molar-refractivity contribution in [3.05, 3.63) is 32.3 Å². The monoisotopic (exact) mass is 332 g/mol. The Morgan fingerprint density at radius 2 is 1.90 bits per heavy atom. The quantitative estimate of drug-likeness (QED) is 0.655. The third-order valence-corrected chi connectivity index (χ3v) is 4.32. The van der Waals surface area contributed by atoms with Gasteiger partial charge in [-0.2, -0.15) is 0 Å². The van der Waals surface area contributed by atoms with Gasteiger partial charge in [0.2, 0.25) is 0 Å². The van der Waals surface area contributed by atoms with E-state index in [1.54, 1.807) is 4.90 Å². The van der Waals surface area contributed by atoms with Gasteiger partial charge in [0.15, 0.2) is 0 Å². The van der Waals surface area contributed by atoms with Crippen LogP contribution in [0.1, 0.15) is 25.7 Å². The van der Waals surface area contributed by atoms with Gasteiger partial charge < -0.3 is 10.0 Å². The number of nitro benzene ring substituents is 1. The van der Waals surface area contributed by atoms with Crippen molar-refractivity contribution in [2.24, 2.45) is 0 Å². The number of nitrogens with zero attached hydrogens (tertiary/aromatic N) is 2. The molecule has 0 aliphatic heterocycles. The zero-order valence-electron chi connectivity index (χ0n) is 11.1. The van der Waals surface area contributed by atoms with Gasteiger partial charge in [-0.25, -0.2) is 0 Å². The Bertz CT molecular complexity index is 574. The van der Waals surface area contributed by atoms with E-state index < -0.39 is 10.9 Å². The minimum Gasteiger partial charge on any atom is -0.480 e. The van der Waals surface area contributed by atoms with E-state index in [0.29, 0.717) is 0 Å². The van der Waals surface area contributed by atoms with Gasteiger partial charge in [-0.05, 0) is 18.9 Å². The lowest BCUT2D eigenvalue weighted by Crippen LogP contribution is -2.38. The van der Waals surface area contributed by atoms with Gasteiger partial charge in [-0.1, -0.05) is 36.0 Å². The van der Waals surface area contributed by atoms with E-state index in [1.807, 2.05) is 0 Å². The number of benzene rings is 1. The summed E-state index contributed by atoms with van der Waals surface area (Å²) < 4.78 is 0. The maximum atomic E-state index is 11.2. The third kappa shape index (κ3) is 3.57. The third-order valence-electron chi connectivity index (χ3n) is 3.59. The van der Waals surface area contributed by atoms with Crippen LogP contribution in [0.15, 0.2) is 12.1 Å². The summed E-state index contributed by atoms with van der Waals surface area (Å²) in [7, 11) is 0. The van der Waals surface area contributed by atoms with Gasteiger partial charge in [0.1, 0.15) is 12.2 Å². The molecule has 0 spiro atoms. The number of carbonyl (C=O) groups is 1. The molecule has 1 fully saturated rings. The van der Waals surface area contributed by atoms with Gasteiger partial charge in [0.25, 0.3) is 5.69 Å². The van der Waals surface area contributed by atoms with E-state index in [9.17, 15) is 14.9 Å². The molecule has 0 saturated heterocycles. The second kappa shape index (κ2) is 6.49. The highest BCUT2D eigenvalue weighted by Gasteiger charge is 2.30. The van der Waals surface area contributed by atoms with Crippen molar-refractivity contribution in [2.45, 2.75) is 31.7 Å². The number of nitro groups is 1. The van der Waals surface area contributed by atoms with E-state index >= 15 is 0 Å². The number of halogens is 2. The van der Waals surface area contributed by atoms with E-state index in [4.69, 9.17) is 28.3 Å². The van der Waals surface area contributed by atoms with Crippen LogP contribution in [-0.4, -0.2) is 28.6 Å². The predicted molar refractivity (Wildman–Crippen MR) is 80.4 cm³/mol.